The van der Waals surface area contributed by atoms with Gasteiger partial charge in [0.25, 0.3) is 5.56 Å². The van der Waals surface area contributed by atoms with Crippen molar-refractivity contribution in [2.75, 3.05) is 44.7 Å². The summed E-state index contributed by atoms with van der Waals surface area (Å²) in [6.07, 6.45) is 1.02. The number of carbonyl (C=O) groups excluding carboxylic acids is 1. The molecule has 2 bridgehead atoms. The molecule has 1 N–H and O–H groups in total. The monoisotopic (exact) mass is 484 g/mol. The van der Waals surface area contributed by atoms with Gasteiger partial charge >= 0.3 is 6.03 Å². The molecule has 3 aliphatic rings. The largest absolute Gasteiger partial charge is 0.379 e. The third-order valence-corrected chi connectivity index (χ3v) is 7.72. The number of morpholine rings is 1. The number of amides is 2. The minimum absolute atomic E-state index is 0.0691. The predicted octanol–water partition coefficient (Wildman–Crippen LogP) is 4.00. The highest BCUT2D eigenvalue weighted by Gasteiger charge is 2.37. The zero-order valence-electron chi connectivity index (χ0n) is 20.4. The molecule has 2 fully saturated rings. The van der Waals surface area contributed by atoms with Crippen molar-refractivity contribution in [1.82, 2.24) is 14.4 Å². The summed E-state index contributed by atoms with van der Waals surface area (Å²) in [6.45, 7) is 6.10. The number of carbonyl (C=O) groups is 1. The number of nitrogens with zero attached hydrogens (tertiary/aromatic N) is 3. The molecule has 0 saturated carbocycles. The van der Waals surface area contributed by atoms with Gasteiger partial charge in [0.2, 0.25) is 0 Å². The van der Waals surface area contributed by atoms with Crippen LogP contribution in [0.1, 0.15) is 23.6 Å². The molecular weight excluding hydrogens is 452 g/mol. The third kappa shape index (κ3) is 4.56. The van der Waals surface area contributed by atoms with E-state index in [0.29, 0.717) is 19.6 Å². The Morgan fingerprint density at radius 2 is 1.67 bits per heavy atom. The number of rotatable bonds is 4. The smallest absolute Gasteiger partial charge is 0.321 e. The second-order valence-corrected chi connectivity index (χ2v) is 10.1. The Bertz CT molecular complexity index is 1300. The van der Waals surface area contributed by atoms with Gasteiger partial charge in [-0.15, -0.1) is 0 Å². The number of pyridine rings is 1. The van der Waals surface area contributed by atoms with Crippen molar-refractivity contribution in [2.24, 2.45) is 5.92 Å². The zero-order valence-corrected chi connectivity index (χ0v) is 20.4. The summed E-state index contributed by atoms with van der Waals surface area (Å²) in [6, 6.07) is 21.9. The second kappa shape index (κ2) is 9.91. The van der Waals surface area contributed by atoms with E-state index in [1.165, 1.54) is 5.56 Å². The molecule has 6 rings (SSSR count). The van der Waals surface area contributed by atoms with Crippen molar-refractivity contribution in [1.29, 1.82) is 0 Å². The summed E-state index contributed by atoms with van der Waals surface area (Å²) < 4.78 is 7.48. The number of likely N-dealkylation sites (tertiary alicyclic amines) is 1. The number of hydrogen-bond acceptors (Lipinski definition) is 4. The summed E-state index contributed by atoms with van der Waals surface area (Å²) in [7, 11) is 0. The van der Waals surface area contributed by atoms with Crippen molar-refractivity contribution < 1.29 is 9.53 Å². The molecule has 3 aliphatic heterocycles. The molecule has 2 atom stereocenters. The maximum absolute atomic E-state index is 13.8. The maximum Gasteiger partial charge on any atom is 0.321 e. The number of aromatic nitrogens is 1. The number of ether oxygens (including phenoxy) is 1. The van der Waals surface area contributed by atoms with Crippen LogP contribution in [0.4, 0.5) is 10.5 Å². The van der Waals surface area contributed by atoms with Crippen molar-refractivity contribution >= 4 is 11.7 Å². The van der Waals surface area contributed by atoms with E-state index in [1.54, 1.807) is 0 Å². The van der Waals surface area contributed by atoms with E-state index in [1.807, 2.05) is 51.9 Å². The highest BCUT2D eigenvalue weighted by molar-refractivity contribution is 5.89. The minimum Gasteiger partial charge on any atom is -0.379 e. The molecule has 7 nitrogen and oxygen atoms in total. The first-order valence-electron chi connectivity index (χ1n) is 12.9. The first-order chi connectivity index (χ1) is 17.7. The van der Waals surface area contributed by atoms with Gasteiger partial charge in [0.15, 0.2) is 0 Å². The Labute approximate surface area is 211 Å². The summed E-state index contributed by atoms with van der Waals surface area (Å²) in [5, 5.41) is 3.01. The fraction of sp³-hybridized carbons (Fsp3) is 0.379. The van der Waals surface area contributed by atoms with E-state index in [2.05, 4.69) is 34.5 Å². The molecule has 4 heterocycles. The average Bonchev–Trinajstić information content (AvgIpc) is 2.91. The molecule has 7 heteroatoms. The van der Waals surface area contributed by atoms with Gasteiger partial charge in [-0.25, -0.2) is 4.79 Å². The molecule has 2 amide bonds. The molecule has 2 unspecified atom stereocenters. The molecule has 0 aliphatic carbocycles. The second-order valence-electron chi connectivity index (χ2n) is 10.1. The van der Waals surface area contributed by atoms with Crippen molar-refractivity contribution in [2.45, 2.75) is 25.4 Å². The Morgan fingerprint density at radius 1 is 0.889 bits per heavy atom. The van der Waals surface area contributed by atoms with Crippen LogP contribution in [0.25, 0.3) is 11.1 Å². The minimum atomic E-state index is -0.0691. The summed E-state index contributed by atoms with van der Waals surface area (Å²) in [5.74, 6) is 0.443. The van der Waals surface area contributed by atoms with Crippen LogP contribution in [0.3, 0.4) is 0 Å². The first-order valence-corrected chi connectivity index (χ1v) is 12.9. The van der Waals surface area contributed by atoms with E-state index in [0.717, 1.165) is 61.8 Å². The van der Waals surface area contributed by atoms with Gasteiger partial charge in [-0.3, -0.25) is 9.69 Å². The van der Waals surface area contributed by atoms with Crippen LogP contribution in [0.5, 0.6) is 0 Å². The zero-order chi connectivity index (χ0) is 24.5. The first kappa shape index (κ1) is 23.0. The lowest BCUT2D eigenvalue weighted by molar-refractivity contribution is 0.0342. The predicted molar refractivity (Wildman–Crippen MR) is 140 cm³/mol. The van der Waals surface area contributed by atoms with Gasteiger partial charge in [0, 0.05) is 62.1 Å². The Hall–Kier alpha value is -3.42. The normalized spacial score (nSPS) is 21.6. The number of piperidine rings is 1. The fourth-order valence-electron chi connectivity index (χ4n) is 5.96. The van der Waals surface area contributed by atoms with Gasteiger partial charge < -0.3 is 19.5 Å². The molecule has 2 saturated heterocycles. The number of anilines is 1. The Kier molecular flexibility index (Phi) is 6.34. The maximum atomic E-state index is 13.8. The fourth-order valence-corrected chi connectivity index (χ4v) is 5.96. The van der Waals surface area contributed by atoms with E-state index in [4.69, 9.17) is 4.74 Å². The Morgan fingerprint density at radius 3 is 2.50 bits per heavy atom. The number of hydrogen-bond donors (Lipinski definition) is 1. The van der Waals surface area contributed by atoms with Gasteiger partial charge in [0.05, 0.1) is 13.2 Å². The lowest BCUT2D eigenvalue weighted by Gasteiger charge is -2.42. The molecular formula is C29H32N4O3. The van der Waals surface area contributed by atoms with Gasteiger partial charge in [0.1, 0.15) is 0 Å². The topological polar surface area (TPSA) is 66.8 Å². The van der Waals surface area contributed by atoms with E-state index >= 15 is 0 Å². The molecule has 0 spiro atoms. The van der Waals surface area contributed by atoms with Crippen LogP contribution in [-0.2, 0) is 17.8 Å². The SMILES string of the molecule is O=C(Nc1ccccc1)N1CC2CC(C1)c1ccc(-c3ccccc3CN3CCOCC3)c(=O)n1C2. The van der Waals surface area contributed by atoms with E-state index in [9.17, 15) is 9.59 Å². The Balaban J connectivity index is 1.25. The van der Waals surface area contributed by atoms with Crippen LogP contribution in [0, 0.1) is 5.92 Å². The highest BCUT2D eigenvalue weighted by atomic mass is 16.5. The van der Waals surface area contributed by atoms with Crippen LogP contribution >= 0.6 is 0 Å². The van der Waals surface area contributed by atoms with Gasteiger partial charge in [-0.2, -0.15) is 0 Å². The van der Waals surface area contributed by atoms with Crippen LogP contribution < -0.4 is 10.9 Å². The number of benzene rings is 2. The number of nitrogens with one attached hydrogen (secondary N) is 1. The quantitative estimate of drug-likeness (QED) is 0.608. The van der Waals surface area contributed by atoms with E-state index in [-0.39, 0.29) is 23.4 Å². The number of urea groups is 1. The lowest BCUT2D eigenvalue weighted by atomic mass is 9.83. The van der Waals surface area contributed by atoms with Gasteiger partial charge in [-0.05, 0) is 47.7 Å². The molecule has 3 aromatic rings. The van der Waals surface area contributed by atoms with Crippen molar-refractivity contribution in [3.05, 3.63) is 88.3 Å². The lowest BCUT2D eigenvalue weighted by Crippen LogP contribution is -2.50. The van der Waals surface area contributed by atoms with Crippen molar-refractivity contribution in [3.8, 4) is 11.1 Å². The standard InChI is InChI=1S/C29H32N4O3/c34-28-26(25-9-5-4-6-22(25)19-31-12-14-36-15-13-31)10-11-27-23-16-21(18-33(27)28)17-32(20-23)29(35)30-24-7-2-1-3-8-24/h1-11,21,23H,12-20H2,(H,30,35). The molecule has 1 aromatic heterocycles. The molecule has 2 aromatic carbocycles. The molecule has 186 valence electrons. The number of fused-ring (bicyclic) bond motifs is 4. The van der Waals surface area contributed by atoms with Crippen LogP contribution in [0.2, 0.25) is 0 Å². The summed E-state index contributed by atoms with van der Waals surface area (Å²) in [4.78, 5) is 31.0. The average molecular weight is 485 g/mol. The third-order valence-electron chi connectivity index (χ3n) is 7.72. The summed E-state index contributed by atoms with van der Waals surface area (Å²) in [5.41, 5.74) is 4.89. The van der Waals surface area contributed by atoms with Crippen LogP contribution in [0.15, 0.2) is 71.5 Å². The number of para-hydroxylation sites is 1. The molecule has 36 heavy (non-hydrogen) atoms. The van der Waals surface area contributed by atoms with E-state index < -0.39 is 0 Å². The highest BCUT2D eigenvalue weighted by Crippen LogP contribution is 2.36. The molecule has 0 radical (unpaired) electrons. The summed E-state index contributed by atoms with van der Waals surface area (Å²) >= 11 is 0. The van der Waals surface area contributed by atoms with Crippen LogP contribution in [-0.4, -0.2) is 59.8 Å². The van der Waals surface area contributed by atoms with Gasteiger partial charge in [-0.1, -0.05) is 42.5 Å². The van der Waals surface area contributed by atoms with Crippen molar-refractivity contribution in [3.63, 3.8) is 0 Å².